The highest BCUT2D eigenvalue weighted by atomic mass is 32.2. The van der Waals surface area contributed by atoms with Gasteiger partial charge in [-0.05, 0) is 43.3 Å². The molecule has 0 radical (unpaired) electrons. The average Bonchev–Trinajstić information content (AvgIpc) is 2.39. The minimum atomic E-state index is -3.73. The Balaban J connectivity index is 2.14. The van der Waals surface area contributed by atoms with Crippen LogP contribution in [0.25, 0.3) is 0 Å². The molecule has 1 aromatic carbocycles. The standard InChI is InChI=1S/C13H13N3O3S/c1-9-2-3-10(8-15-9)13(17)16-11-4-6-12(7-5-11)20(14,18)19/h2-8H,1H3,(H,16,17)(H2,14,18,19). The van der Waals surface area contributed by atoms with Crippen molar-refractivity contribution < 1.29 is 13.2 Å². The van der Waals surface area contributed by atoms with Gasteiger partial charge in [-0.15, -0.1) is 0 Å². The molecule has 0 bridgehead atoms. The molecule has 2 aromatic rings. The van der Waals surface area contributed by atoms with Gasteiger partial charge in [-0.3, -0.25) is 9.78 Å². The summed E-state index contributed by atoms with van der Waals surface area (Å²) in [5.41, 5.74) is 1.72. The lowest BCUT2D eigenvalue weighted by Gasteiger charge is -2.06. The quantitative estimate of drug-likeness (QED) is 0.889. The number of amides is 1. The van der Waals surface area contributed by atoms with Crippen molar-refractivity contribution in [1.82, 2.24) is 4.98 Å². The van der Waals surface area contributed by atoms with E-state index in [1.54, 1.807) is 12.1 Å². The SMILES string of the molecule is Cc1ccc(C(=O)Nc2ccc(S(N)(=O)=O)cc2)cn1. The summed E-state index contributed by atoms with van der Waals surface area (Å²) in [5, 5.41) is 7.63. The molecule has 0 aliphatic carbocycles. The van der Waals surface area contributed by atoms with Crippen molar-refractivity contribution in [1.29, 1.82) is 0 Å². The van der Waals surface area contributed by atoms with Gasteiger partial charge in [0.15, 0.2) is 0 Å². The molecule has 0 aliphatic rings. The third kappa shape index (κ3) is 3.40. The van der Waals surface area contributed by atoms with Crippen molar-refractivity contribution in [3.63, 3.8) is 0 Å². The highest BCUT2D eigenvalue weighted by Crippen LogP contribution is 2.13. The Morgan fingerprint density at radius 2 is 1.80 bits per heavy atom. The van der Waals surface area contributed by atoms with Crippen LogP contribution in [-0.2, 0) is 10.0 Å². The fraction of sp³-hybridized carbons (Fsp3) is 0.0769. The first-order valence-electron chi connectivity index (χ1n) is 5.73. The Morgan fingerprint density at radius 1 is 1.15 bits per heavy atom. The molecule has 1 amide bonds. The molecule has 0 unspecified atom stereocenters. The maximum absolute atomic E-state index is 11.9. The molecule has 0 saturated heterocycles. The fourth-order valence-electron chi connectivity index (χ4n) is 1.53. The molecular weight excluding hydrogens is 278 g/mol. The zero-order chi connectivity index (χ0) is 14.8. The normalized spacial score (nSPS) is 11.1. The molecule has 0 spiro atoms. The fourth-order valence-corrected chi connectivity index (χ4v) is 2.05. The molecule has 7 heteroatoms. The average molecular weight is 291 g/mol. The van der Waals surface area contributed by atoms with Crippen LogP contribution in [0.4, 0.5) is 5.69 Å². The zero-order valence-electron chi connectivity index (χ0n) is 10.7. The van der Waals surface area contributed by atoms with Gasteiger partial charge in [-0.1, -0.05) is 0 Å². The summed E-state index contributed by atoms with van der Waals surface area (Å²) in [5.74, 6) is -0.319. The van der Waals surface area contributed by atoms with E-state index < -0.39 is 10.0 Å². The maximum Gasteiger partial charge on any atom is 0.257 e. The summed E-state index contributed by atoms with van der Waals surface area (Å²) in [7, 11) is -3.73. The van der Waals surface area contributed by atoms with Gasteiger partial charge in [0.05, 0.1) is 10.5 Å². The molecule has 3 N–H and O–H groups in total. The van der Waals surface area contributed by atoms with Crippen molar-refractivity contribution >= 4 is 21.6 Å². The molecule has 0 aliphatic heterocycles. The van der Waals surface area contributed by atoms with Gasteiger partial charge >= 0.3 is 0 Å². The Morgan fingerprint density at radius 3 is 2.30 bits per heavy atom. The number of carbonyl (C=O) groups is 1. The predicted molar refractivity (Wildman–Crippen MR) is 74.7 cm³/mol. The first-order chi connectivity index (χ1) is 9.36. The molecule has 0 fully saturated rings. The van der Waals surface area contributed by atoms with Crippen LogP contribution in [0.2, 0.25) is 0 Å². The monoisotopic (exact) mass is 291 g/mol. The zero-order valence-corrected chi connectivity index (χ0v) is 11.5. The summed E-state index contributed by atoms with van der Waals surface area (Å²) >= 11 is 0. The number of anilines is 1. The maximum atomic E-state index is 11.9. The van der Waals surface area contributed by atoms with E-state index in [2.05, 4.69) is 10.3 Å². The highest BCUT2D eigenvalue weighted by molar-refractivity contribution is 7.89. The number of nitrogens with zero attached hydrogens (tertiary/aromatic N) is 1. The minimum absolute atomic E-state index is 0.00694. The van der Waals surface area contributed by atoms with E-state index in [1.807, 2.05) is 6.92 Å². The van der Waals surface area contributed by atoms with Gasteiger partial charge in [-0.25, -0.2) is 13.6 Å². The number of sulfonamides is 1. The van der Waals surface area contributed by atoms with Crippen LogP contribution in [0.1, 0.15) is 16.1 Å². The van der Waals surface area contributed by atoms with Crippen molar-refractivity contribution in [3.8, 4) is 0 Å². The lowest BCUT2D eigenvalue weighted by Crippen LogP contribution is -2.14. The number of pyridine rings is 1. The lowest BCUT2D eigenvalue weighted by atomic mass is 10.2. The number of aryl methyl sites for hydroxylation is 1. The Labute approximate surface area is 116 Å². The lowest BCUT2D eigenvalue weighted by molar-refractivity contribution is 0.102. The summed E-state index contributed by atoms with van der Waals surface area (Å²) < 4.78 is 22.2. The van der Waals surface area contributed by atoms with Crippen LogP contribution in [0.15, 0.2) is 47.5 Å². The Kier molecular flexibility index (Phi) is 3.82. The molecule has 1 heterocycles. The molecule has 1 aromatic heterocycles. The van der Waals surface area contributed by atoms with E-state index in [0.29, 0.717) is 11.3 Å². The molecular formula is C13H13N3O3S. The van der Waals surface area contributed by atoms with Crippen molar-refractivity contribution in [2.45, 2.75) is 11.8 Å². The third-order valence-corrected chi connectivity index (χ3v) is 3.54. The van der Waals surface area contributed by atoms with E-state index in [4.69, 9.17) is 5.14 Å². The minimum Gasteiger partial charge on any atom is -0.322 e. The molecule has 2 rings (SSSR count). The summed E-state index contributed by atoms with van der Waals surface area (Å²) in [4.78, 5) is 15.9. The number of carbonyl (C=O) groups excluding carboxylic acids is 1. The third-order valence-electron chi connectivity index (χ3n) is 2.61. The van der Waals surface area contributed by atoms with Crippen molar-refractivity contribution in [3.05, 3.63) is 53.9 Å². The van der Waals surface area contributed by atoms with E-state index >= 15 is 0 Å². The number of hydrogen-bond acceptors (Lipinski definition) is 4. The largest absolute Gasteiger partial charge is 0.322 e. The predicted octanol–water partition coefficient (Wildman–Crippen LogP) is 1.29. The van der Waals surface area contributed by atoms with Crippen LogP contribution < -0.4 is 10.5 Å². The first kappa shape index (κ1) is 14.2. The molecule has 0 atom stereocenters. The second kappa shape index (κ2) is 5.40. The summed E-state index contributed by atoms with van der Waals surface area (Å²) in [6.07, 6.45) is 1.48. The van der Waals surface area contributed by atoms with Crippen LogP contribution in [-0.4, -0.2) is 19.3 Å². The second-order valence-electron chi connectivity index (χ2n) is 4.21. The van der Waals surface area contributed by atoms with Gasteiger partial charge in [-0.2, -0.15) is 0 Å². The molecule has 104 valence electrons. The molecule has 6 nitrogen and oxygen atoms in total. The Hall–Kier alpha value is -2.25. The topological polar surface area (TPSA) is 102 Å². The van der Waals surface area contributed by atoms with Gasteiger partial charge in [0.2, 0.25) is 10.0 Å². The van der Waals surface area contributed by atoms with Crippen molar-refractivity contribution in [2.24, 2.45) is 5.14 Å². The number of hydrogen-bond donors (Lipinski definition) is 2. The van der Waals surface area contributed by atoms with Gasteiger partial charge in [0.25, 0.3) is 5.91 Å². The number of primary sulfonamides is 1. The van der Waals surface area contributed by atoms with Crippen LogP contribution in [0.5, 0.6) is 0 Å². The summed E-state index contributed by atoms with van der Waals surface area (Å²) in [6.45, 7) is 1.83. The molecule has 20 heavy (non-hydrogen) atoms. The first-order valence-corrected chi connectivity index (χ1v) is 7.28. The second-order valence-corrected chi connectivity index (χ2v) is 5.77. The number of rotatable bonds is 3. The highest BCUT2D eigenvalue weighted by Gasteiger charge is 2.09. The van der Waals surface area contributed by atoms with E-state index in [0.717, 1.165) is 5.69 Å². The summed E-state index contributed by atoms with van der Waals surface area (Å²) in [6, 6.07) is 9.00. The molecule has 0 saturated carbocycles. The van der Waals surface area contributed by atoms with Crippen LogP contribution >= 0.6 is 0 Å². The number of nitrogens with two attached hydrogens (primary N) is 1. The van der Waals surface area contributed by atoms with Crippen LogP contribution in [0.3, 0.4) is 0 Å². The van der Waals surface area contributed by atoms with Gasteiger partial charge < -0.3 is 5.32 Å². The Bertz CT molecular complexity index is 722. The van der Waals surface area contributed by atoms with E-state index in [9.17, 15) is 13.2 Å². The number of benzene rings is 1. The van der Waals surface area contributed by atoms with Gasteiger partial charge in [0.1, 0.15) is 0 Å². The number of nitrogens with one attached hydrogen (secondary N) is 1. The van der Waals surface area contributed by atoms with Crippen molar-refractivity contribution in [2.75, 3.05) is 5.32 Å². The van der Waals surface area contributed by atoms with E-state index in [-0.39, 0.29) is 10.8 Å². The van der Waals surface area contributed by atoms with E-state index in [1.165, 1.54) is 30.5 Å². The number of aromatic nitrogens is 1. The van der Waals surface area contributed by atoms with Crippen LogP contribution in [0, 0.1) is 6.92 Å². The van der Waals surface area contributed by atoms with Gasteiger partial charge in [0, 0.05) is 17.6 Å². The smallest absolute Gasteiger partial charge is 0.257 e.